The molecule has 3 nitrogen and oxygen atoms in total. The first-order valence-electron chi connectivity index (χ1n) is 5.90. The van der Waals surface area contributed by atoms with Crippen LogP contribution in [0.5, 0.6) is 0 Å². The Morgan fingerprint density at radius 1 is 1.65 bits per heavy atom. The van der Waals surface area contributed by atoms with E-state index in [4.69, 9.17) is 0 Å². The Hall–Kier alpha value is -0.0600. The van der Waals surface area contributed by atoms with Gasteiger partial charge in [-0.25, -0.2) is 0 Å². The largest absolute Gasteiger partial charge is 0.352 e. The molecule has 0 bridgehead atoms. The van der Waals surface area contributed by atoms with Gasteiger partial charge in [-0.1, -0.05) is 29.4 Å². The Morgan fingerprint density at radius 2 is 2.35 bits per heavy atom. The van der Waals surface area contributed by atoms with Crippen molar-refractivity contribution in [1.29, 1.82) is 0 Å². The van der Waals surface area contributed by atoms with Crippen LogP contribution in [-0.4, -0.2) is 25.5 Å². The van der Waals surface area contributed by atoms with Gasteiger partial charge < -0.3 is 10.6 Å². The molecule has 2 N–H and O–H groups in total. The quantitative estimate of drug-likeness (QED) is 0.815. The van der Waals surface area contributed by atoms with Gasteiger partial charge in [-0.05, 0) is 37.8 Å². The van der Waals surface area contributed by atoms with Gasteiger partial charge in [-0.2, -0.15) is 0 Å². The summed E-state index contributed by atoms with van der Waals surface area (Å²) in [5.41, 5.74) is 0. The van der Waals surface area contributed by atoms with Crippen LogP contribution in [0.3, 0.4) is 0 Å². The zero-order valence-corrected chi connectivity index (χ0v) is 12.7. The van der Waals surface area contributed by atoms with Crippen LogP contribution in [0.1, 0.15) is 26.2 Å². The van der Waals surface area contributed by atoms with Crippen LogP contribution < -0.4 is 10.6 Å². The van der Waals surface area contributed by atoms with Gasteiger partial charge in [0.2, 0.25) is 5.91 Å². The Morgan fingerprint density at radius 3 is 2.88 bits per heavy atom. The molecule has 0 spiro atoms. The first-order valence-corrected chi connectivity index (χ1v) is 6.69. The minimum absolute atomic E-state index is 0. The SMILES string of the molecule is C=C(Br)CNC(=O)CC(C)C1CCCNC1.Cl. The van der Waals surface area contributed by atoms with Crippen LogP contribution in [0, 0.1) is 11.8 Å². The summed E-state index contributed by atoms with van der Waals surface area (Å²) < 4.78 is 0.813. The van der Waals surface area contributed by atoms with Gasteiger partial charge in [0.15, 0.2) is 0 Å². The van der Waals surface area contributed by atoms with Crippen molar-refractivity contribution in [3.05, 3.63) is 11.1 Å². The molecule has 0 saturated carbocycles. The summed E-state index contributed by atoms with van der Waals surface area (Å²) in [5.74, 6) is 1.22. The van der Waals surface area contributed by atoms with Gasteiger partial charge in [0.25, 0.3) is 0 Å². The summed E-state index contributed by atoms with van der Waals surface area (Å²) in [5, 5.41) is 6.23. The molecule has 1 rings (SSSR count). The molecule has 1 saturated heterocycles. The number of amides is 1. The van der Waals surface area contributed by atoms with Crippen LogP contribution in [0.4, 0.5) is 0 Å². The maximum absolute atomic E-state index is 11.6. The molecule has 100 valence electrons. The number of nitrogens with one attached hydrogen (secondary N) is 2. The number of halogens is 2. The van der Waals surface area contributed by atoms with Gasteiger partial charge in [-0.3, -0.25) is 4.79 Å². The van der Waals surface area contributed by atoms with E-state index in [1.54, 1.807) is 0 Å². The van der Waals surface area contributed by atoms with Crippen molar-refractivity contribution in [2.45, 2.75) is 26.2 Å². The highest BCUT2D eigenvalue weighted by atomic mass is 79.9. The van der Waals surface area contributed by atoms with Crippen LogP contribution in [-0.2, 0) is 4.79 Å². The average molecular weight is 326 g/mol. The zero-order chi connectivity index (χ0) is 12.0. The molecule has 1 fully saturated rings. The lowest BCUT2D eigenvalue weighted by atomic mass is 9.85. The molecule has 0 aromatic heterocycles. The third-order valence-corrected chi connectivity index (χ3v) is 3.40. The number of hydrogen-bond donors (Lipinski definition) is 2. The third kappa shape index (κ3) is 7.06. The van der Waals surface area contributed by atoms with Crippen molar-refractivity contribution < 1.29 is 4.79 Å². The predicted octanol–water partition coefficient (Wildman–Crippen LogP) is 2.46. The molecular formula is C12H22BrClN2O. The number of carbonyl (C=O) groups is 1. The van der Waals surface area contributed by atoms with Crippen LogP contribution in [0.2, 0.25) is 0 Å². The molecular weight excluding hydrogens is 304 g/mol. The summed E-state index contributed by atoms with van der Waals surface area (Å²) in [7, 11) is 0. The maximum Gasteiger partial charge on any atom is 0.220 e. The van der Waals surface area contributed by atoms with E-state index >= 15 is 0 Å². The zero-order valence-electron chi connectivity index (χ0n) is 10.3. The number of piperidine rings is 1. The number of carbonyl (C=O) groups excluding carboxylic acids is 1. The maximum atomic E-state index is 11.6. The summed E-state index contributed by atoms with van der Waals surface area (Å²) in [6.45, 7) is 8.56. The average Bonchev–Trinajstić information content (AvgIpc) is 2.27. The fraction of sp³-hybridized carbons (Fsp3) is 0.750. The van der Waals surface area contributed by atoms with Crippen LogP contribution in [0.15, 0.2) is 11.1 Å². The molecule has 17 heavy (non-hydrogen) atoms. The Labute approximate surface area is 118 Å². The van der Waals surface area contributed by atoms with Gasteiger partial charge >= 0.3 is 0 Å². The topological polar surface area (TPSA) is 41.1 Å². The molecule has 1 aliphatic heterocycles. The second kappa shape index (κ2) is 8.95. The second-order valence-corrected chi connectivity index (χ2v) is 5.70. The highest BCUT2D eigenvalue weighted by molar-refractivity contribution is 9.11. The van der Waals surface area contributed by atoms with Crippen molar-refractivity contribution >= 4 is 34.2 Å². The highest BCUT2D eigenvalue weighted by Crippen LogP contribution is 2.22. The summed E-state index contributed by atoms with van der Waals surface area (Å²) >= 11 is 3.23. The Bertz CT molecular complexity index is 255. The van der Waals surface area contributed by atoms with Crippen molar-refractivity contribution in [1.82, 2.24) is 10.6 Å². The first-order chi connectivity index (χ1) is 7.59. The van der Waals surface area contributed by atoms with Crippen molar-refractivity contribution in [3.8, 4) is 0 Å². The minimum atomic E-state index is 0. The predicted molar refractivity (Wildman–Crippen MR) is 77.7 cm³/mol. The second-order valence-electron chi connectivity index (χ2n) is 4.58. The van der Waals surface area contributed by atoms with Crippen LogP contribution >= 0.6 is 28.3 Å². The molecule has 1 heterocycles. The van der Waals surface area contributed by atoms with Crippen molar-refractivity contribution in [2.24, 2.45) is 11.8 Å². The van der Waals surface area contributed by atoms with Crippen LogP contribution in [0.25, 0.3) is 0 Å². The molecule has 0 aliphatic carbocycles. The van der Waals surface area contributed by atoms with Crippen molar-refractivity contribution in [3.63, 3.8) is 0 Å². The van der Waals surface area contributed by atoms with E-state index in [-0.39, 0.29) is 18.3 Å². The lowest BCUT2D eigenvalue weighted by molar-refractivity contribution is -0.122. The molecule has 2 unspecified atom stereocenters. The summed E-state index contributed by atoms with van der Waals surface area (Å²) in [4.78, 5) is 11.6. The molecule has 1 aliphatic rings. The fourth-order valence-corrected chi connectivity index (χ4v) is 2.23. The Balaban J connectivity index is 0.00000256. The lowest BCUT2D eigenvalue weighted by Gasteiger charge is -2.28. The molecule has 2 atom stereocenters. The van der Waals surface area contributed by atoms with Gasteiger partial charge in [0.05, 0.1) is 0 Å². The highest BCUT2D eigenvalue weighted by Gasteiger charge is 2.21. The van der Waals surface area contributed by atoms with E-state index in [1.165, 1.54) is 12.8 Å². The van der Waals surface area contributed by atoms with E-state index in [0.29, 0.717) is 24.8 Å². The van der Waals surface area contributed by atoms with E-state index in [2.05, 4.69) is 40.1 Å². The van der Waals surface area contributed by atoms with E-state index in [9.17, 15) is 4.79 Å². The number of hydrogen-bond acceptors (Lipinski definition) is 2. The van der Waals surface area contributed by atoms with E-state index < -0.39 is 0 Å². The normalized spacial score (nSPS) is 21.2. The van der Waals surface area contributed by atoms with Crippen molar-refractivity contribution in [2.75, 3.05) is 19.6 Å². The molecule has 0 aromatic carbocycles. The molecule has 5 heteroatoms. The Kier molecular flexibility index (Phi) is 8.92. The van der Waals surface area contributed by atoms with Gasteiger partial charge in [0.1, 0.15) is 0 Å². The smallest absolute Gasteiger partial charge is 0.220 e. The summed E-state index contributed by atoms with van der Waals surface area (Å²) in [6.07, 6.45) is 3.09. The molecule has 1 amide bonds. The monoisotopic (exact) mass is 324 g/mol. The molecule has 0 radical (unpaired) electrons. The van der Waals surface area contributed by atoms with E-state index in [1.807, 2.05) is 0 Å². The van der Waals surface area contributed by atoms with Gasteiger partial charge in [-0.15, -0.1) is 12.4 Å². The standard InChI is InChI=1S/C12H21BrN2O.ClH/c1-9(11-4-3-5-14-8-11)6-12(16)15-7-10(2)13;/h9,11,14H,2-8H2,1H3,(H,15,16);1H. The summed E-state index contributed by atoms with van der Waals surface area (Å²) in [6, 6.07) is 0. The lowest BCUT2D eigenvalue weighted by Crippen LogP contribution is -2.35. The van der Waals surface area contributed by atoms with E-state index in [0.717, 1.165) is 17.6 Å². The number of rotatable bonds is 5. The minimum Gasteiger partial charge on any atom is -0.352 e. The third-order valence-electron chi connectivity index (χ3n) is 3.12. The molecule has 0 aromatic rings. The van der Waals surface area contributed by atoms with Gasteiger partial charge in [0, 0.05) is 17.4 Å². The first kappa shape index (κ1) is 16.9. The fourth-order valence-electron chi connectivity index (χ4n) is 2.09.